The Morgan fingerprint density at radius 2 is 1.92 bits per heavy atom. The maximum Gasteiger partial charge on any atom is 0.272 e. The van der Waals surface area contributed by atoms with E-state index < -0.39 is 0 Å². The van der Waals surface area contributed by atoms with Crippen molar-refractivity contribution in [3.8, 4) is 0 Å². The number of hydrogen-bond acceptors (Lipinski definition) is 4. The molecule has 4 heterocycles. The molecule has 0 saturated carbocycles. The van der Waals surface area contributed by atoms with E-state index in [2.05, 4.69) is 26.8 Å². The number of H-pyrrole nitrogens is 1. The van der Waals surface area contributed by atoms with Crippen molar-refractivity contribution in [2.75, 3.05) is 32.7 Å². The second-order valence-electron chi connectivity index (χ2n) is 7.15. The van der Waals surface area contributed by atoms with Crippen LogP contribution in [-0.2, 0) is 0 Å². The molecule has 0 unspecified atom stereocenters. The van der Waals surface area contributed by atoms with Gasteiger partial charge in [0.1, 0.15) is 0 Å². The van der Waals surface area contributed by atoms with E-state index in [4.69, 9.17) is 0 Å². The molecule has 2 aromatic heterocycles. The van der Waals surface area contributed by atoms with E-state index in [1.54, 1.807) is 12.3 Å². The van der Waals surface area contributed by atoms with Crippen LogP contribution in [-0.4, -0.2) is 63.2 Å². The highest BCUT2D eigenvalue weighted by Gasteiger charge is 2.29. The Kier molecular flexibility index (Phi) is 4.41. The molecule has 2 fully saturated rings. The number of nitrogens with zero attached hydrogens (tertiary/aromatic N) is 4. The largest absolute Gasteiger partial charge is 0.303 e. The van der Waals surface area contributed by atoms with Crippen molar-refractivity contribution >= 4 is 5.65 Å². The SMILES string of the molecule is CCN1CCC(N2CCC(c3cc(=O)n4[nH]ccc4n3)CC2)CC1. The first-order chi connectivity index (χ1) is 11.7. The van der Waals surface area contributed by atoms with E-state index >= 15 is 0 Å². The smallest absolute Gasteiger partial charge is 0.272 e. The lowest BCUT2D eigenvalue weighted by Gasteiger charge is -2.41. The van der Waals surface area contributed by atoms with Crippen LogP contribution in [0.5, 0.6) is 0 Å². The van der Waals surface area contributed by atoms with Crippen LogP contribution in [0.25, 0.3) is 5.65 Å². The number of fused-ring (bicyclic) bond motifs is 1. The van der Waals surface area contributed by atoms with Gasteiger partial charge in [-0.2, -0.15) is 0 Å². The molecule has 0 aromatic carbocycles. The molecule has 2 aromatic rings. The molecular formula is C18H27N5O. The molecule has 0 radical (unpaired) electrons. The molecule has 0 amide bonds. The van der Waals surface area contributed by atoms with Gasteiger partial charge < -0.3 is 9.80 Å². The number of aromatic nitrogens is 3. The van der Waals surface area contributed by atoms with E-state index in [0.29, 0.717) is 5.92 Å². The molecule has 24 heavy (non-hydrogen) atoms. The molecule has 2 aliphatic heterocycles. The van der Waals surface area contributed by atoms with Crippen LogP contribution in [0, 0.1) is 0 Å². The Labute approximate surface area is 142 Å². The Morgan fingerprint density at radius 3 is 2.62 bits per heavy atom. The van der Waals surface area contributed by atoms with Gasteiger partial charge in [0, 0.05) is 30.3 Å². The van der Waals surface area contributed by atoms with Gasteiger partial charge in [0.25, 0.3) is 5.56 Å². The summed E-state index contributed by atoms with van der Waals surface area (Å²) in [6.07, 6.45) is 6.58. The van der Waals surface area contributed by atoms with Crippen molar-refractivity contribution in [2.24, 2.45) is 0 Å². The lowest BCUT2D eigenvalue weighted by Crippen LogP contribution is -2.47. The van der Waals surface area contributed by atoms with Crippen molar-refractivity contribution in [2.45, 2.75) is 44.6 Å². The van der Waals surface area contributed by atoms with Crippen molar-refractivity contribution in [1.82, 2.24) is 24.4 Å². The minimum atomic E-state index is -0.00522. The average molecular weight is 329 g/mol. The fraction of sp³-hybridized carbons (Fsp3) is 0.667. The summed E-state index contributed by atoms with van der Waals surface area (Å²) in [5, 5.41) is 2.91. The summed E-state index contributed by atoms with van der Waals surface area (Å²) in [4.78, 5) is 22.1. The third kappa shape index (κ3) is 3.00. The maximum absolute atomic E-state index is 12.2. The summed E-state index contributed by atoms with van der Waals surface area (Å²) in [7, 11) is 0. The zero-order chi connectivity index (χ0) is 16.5. The van der Waals surface area contributed by atoms with Crippen molar-refractivity contribution in [3.05, 3.63) is 34.4 Å². The van der Waals surface area contributed by atoms with Crippen LogP contribution in [0.4, 0.5) is 0 Å². The summed E-state index contributed by atoms with van der Waals surface area (Å²) < 4.78 is 1.50. The van der Waals surface area contributed by atoms with E-state index in [0.717, 1.165) is 43.3 Å². The average Bonchev–Trinajstić information content (AvgIpc) is 3.11. The highest BCUT2D eigenvalue weighted by atomic mass is 16.1. The fourth-order valence-electron chi connectivity index (χ4n) is 4.32. The zero-order valence-corrected chi connectivity index (χ0v) is 14.4. The van der Waals surface area contributed by atoms with Crippen molar-refractivity contribution < 1.29 is 0 Å². The quantitative estimate of drug-likeness (QED) is 0.931. The van der Waals surface area contributed by atoms with Gasteiger partial charge in [-0.3, -0.25) is 9.89 Å². The summed E-state index contributed by atoms with van der Waals surface area (Å²) in [6.45, 7) is 8.18. The lowest BCUT2D eigenvalue weighted by atomic mass is 9.91. The van der Waals surface area contributed by atoms with Crippen LogP contribution in [0.2, 0.25) is 0 Å². The summed E-state index contributed by atoms with van der Waals surface area (Å²) in [5.41, 5.74) is 1.70. The summed E-state index contributed by atoms with van der Waals surface area (Å²) >= 11 is 0. The van der Waals surface area contributed by atoms with Gasteiger partial charge in [-0.15, -0.1) is 0 Å². The van der Waals surface area contributed by atoms with Crippen LogP contribution < -0.4 is 5.56 Å². The van der Waals surface area contributed by atoms with Crippen LogP contribution in [0.15, 0.2) is 23.1 Å². The Balaban J connectivity index is 1.39. The number of hydrogen-bond donors (Lipinski definition) is 1. The molecule has 0 atom stereocenters. The lowest BCUT2D eigenvalue weighted by molar-refractivity contribution is 0.0890. The minimum Gasteiger partial charge on any atom is -0.303 e. The topological polar surface area (TPSA) is 56.6 Å². The first kappa shape index (κ1) is 15.8. The zero-order valence-electron chi connectivity index (χ0n) is 14.4. The summed E-state index contributed by atoms with van der Waals surface area (Å²) in [5.74, 6) is 0.421. The molecule has 0 bridgehead atoms. The number of likely N-dealkylation sites (tertiary alicyclic amines) is 2. The Hall–Kier alpha value is -1.66. The van der Waals surface area contributed by atoms with Crippen molar-refractivity contribution in [3.63, 3.8) is 0 Å². The minimum absolute atomic E-state index is 0.00522. The molecule has 6 heteroatoms. The molecule has 1 N–H and O–H groups in total. The van der Waals surface area contributed by atoms with E-state index in [1.807, 2.05) is 6.07 Å². The third-order valence-electron chi connectivity index (χ3n) is 5.87. The molecule has 0 spiro atoms. The van der Waals surface area contributed by atoms with E-state index in [9.17, 15) is 4.79 Å². The number of rotatable bonds is 3. The Morgan fingerprint density at radius 1 is 1.17 bits per heavy atom. The first-order valence-electron chi connectivity index (χ1n) is 9.28. The Bertz CT molecular complexity index is 735. The van der Waals surface area contributed by atoms with E-state index in [-0.39, 0.29) is 5.56 Å². The normalized spacial score (nSPS) is 22.4. The van der Waals surface area contributed by atoms with Crippen LogP contribution >= 0.6 is 0 Å². The second-order valence-corrected chi connectivity index (χ2v) is 7.15. The first-order valence-corrected chi connectivity index (χ1v) is 9.28. The predicted octanol–water partition coefficient (Wildman–Crippen LogP) is 1.69. The molecule has 2 saturated heterocycles. The van der Waals surface area contributed by atoms with Gasteiger partial charge in [-0.25, -0.2) is 9.50 Å². The van der Waals surface area contributed by atoms with Gasteiger partial charge in [0.2, 0.25) is 0 Å². The van der Waals surface area contributed by atoms with Crippen LogP contribution in [0.3, 0.4) is 0 Å². The highest BCUT2D eigenvalue weighted by Crippen LogP contribution is 2.29. The molecule has 130 valence electrons. The standard InChI is InChI=1S/C18H27N5O/c1-2-21-9-6-15(7-10-21)22-11-4-14(5-12-22)16-13-18(24)23-17(20-16)3-8-19-23/h3,8,13-15,19H,2,4-7,9-12H2,1H3. The molecule has 2 aliphatic rings. The molecule has 4 rings (SSSR count). The second kappa shape index (κ2) is 6.69. The number of piperidine rings is 2. The molecule has 0 aliphatic carbocycles. The predicted molar refractivity (Wildman–Crippen MR) is 94.5 cm³/mol. The fourth-order valence-corrected chi connectivity index (χ4v) is 4.32. The van der Waals surface area contributed by atoms with Gasteiger partial charge in [0.05, 0.1) is 5.69 Å². The van der Waals surface area contributed by atoms with Gasteiger partial charge in [0.15, 0.2) is 5.65 Å². The number of nitrogens with one attached hydrogen (secondary N) is 1. The van der Waals surface area contributed by atoms with Crippen LogP contribution in [0.1, 0.15) is 44.2 Å². The highest BCUT2D eigenvalue weighted by molar-refractivity contribution is 5.37. The molecular weight excluding hydrogens is 302 g/mol. The van der Waals surface area contributed by atoms with Gasteiger partial charge >= 0.3 is 0 Å². The van der Waals surface area contributed by atoms with Gasteiger partial charge in [-0.1, -0.05) is 6.92 Å². The maximum atomic E-state index is 12.2. The summed E-state index contributed by atoms with van der Waals surface area (Å²) in [6, 6.07) is 4.32. The monoisotopic (exact) mass is 329 g/mol. The number of aromatic amines is 1. The molecule has 6 nitrogen and oxygen atoms in total. The van der Waals surface area contributed by atoms with E-state index in [1.165, 1.54) is 37.0 Å². The van der Waals surface area contributed by atoms with Gasteiger partial charge in [-0.05, 0) is 58.4 Å². The third-order valence-corrected chi connectivity index (χ3v) is 5.87. The van der Waals surface area contributed by atoms with Crippen molar-refractivity contribution in [1.29, 1.82) is 0 Å².